The number of nitrogens with one attached hydrogen (secondary N) is 2. The molecular formula is C17H37IN4O2. The molecule has 0 spiro atoms. The molecule has 0 amide bonds. The highest BCUT2D eigenvalue weighted by molar-refractivity contribution is 14.0. The van der Waals surface area contributed by atoms with E-state index < -0.39 is 0 Å². The Kier molecular flexibility index (Phi) is 13.1. The van der Waals surface area contributed by atoms with Crippen LogP contribution in [-0.2, 0) is 9.47 Å². The van der Waals surface area contributed by atoms with Crippen LogP contribution in [0.1, 0.15) is 26.7 Å². The van der Waals surface area contributed by atoms with Crippen LogP contribution >= 0.6 is 24.0 Å². The molecule has 1 unspecified atom stereocenters. The molecule has 0 aromatic carbocycles. The predicted molar refractivity (Wildman–Crippen MR) is 111 cm³/mol. The molecule has 0 aromatic heterocycles. The van der Waals surface area contributed by atoms with E-state index in [1.165, 1.54) is 0 Å². The summed E-state index contributed by atoms with van der Waals surface area (Å²) in [5, 5.41) is 6.75. The van der Waals surface area contributed by atoms with E-state index in [1.807, 2.05) is 7.05 Å². The number of hydrogen-bond acceptors (Lipinski definition) is 4. The first-order chi connectivity index (χ1) is 10.9. The SMILES string of the molecule is CN=C(NCCCOCC1CCOC1)NCC(C)(C)CN(C)C.I. The van der Waals surface area contributed by atoms with E-state index in [0.717, 1.165) is 64.9 Å². The Morgan fingerprint density at radius 3 is 2.67 bits per heavy atom. The molecule has 1 rings (SSSR count). The summed E-state index contributed by atoms with van der Waals surface area (Å²) in [6, 6.07) is 0. The molecule has 6 nitrogen and oxygen atoms in total. The minimum absolute atomic E-state index is 0. The number of rotatable bonds is 10. The van der Waals surface area contributed by atoms with Crippen molar-refractivity contribution in [2.24, 2.45) is 16.3 Å². The van der Waals surface area contributed by atoms with E-state index in [0.29, 0.717) is 5.92 Å². The van der Waals surface area contributed by atoms with Crippen LogP contribution in [0.5, 0.6) is 0 Å². The third-order valence-corrected chi connectivity index (χ3v) is 3.84. The van der Waals surface area contributed by atoms with Crippen molar-refractivity contribution in [3.63, 3.8) is 0 Å². The Labute approximate surface area is 165 Å². The Balaban J connectivity index is 0.00000529. The molecule has 144 valence electrons. The highest BCUT2D eigenvalue weighted by Gasteiger charge is 2.19. The van der Waals surface area contributed by atoms with Crippen molar-refractivity contribution in [2.45, 2.75) is 26.7 Å². The van der Waals surface area contributed by atoms with Crippen LogP contribution in [0.15, 0.2) is 4.99 Å². The summed E-state index contributed by atoms with van der Waals surface area (Å²) >= 11 is 0. The van der Waals surface area contributed by atoms with Gasteiger partial charge in [0.1, 0.15) is 0 Å². The predicted octanol–water partition coefficient (Wildman–Crippen LogP) is 1.80. The monoisotopic (exact) mass is 456 g/mol. The lowest BCUT2D eigenvalue weighted by molar-refractivity contribution is 0.0888. The molecule has 1 aliphatic heterocycles. The van der Waals surface area contributed by atoms with Crippen molar-refractivity contribution in [1.82, 2.24) is 15.5 Å². The normalized spacial score (nSPS) is 18.6. The highest BCUT2D eigenvalue weighted by atomic mass is 127. The molecule has 24 heavy (non-hydrogen) atoms. The molecule has 0 bridgehead atoms. The van der Waals surface area contributed by atoms with Crippen molar-refractivity contribution >= 4 is 29.9 Å². The van der Waals surface area contributed by atoms with Crippen LogP contribution in [0.25, 0.3) is 0 Å². The third-order valence-electron chi connectivity index (χ3n) is 3.84. The maximum Gasteiger partial charge on any atom is 0.190 e. The molecule has 1 aliphatic rings. The highest BCUT2D eigenvalue weighted by Crippen LogP contribution is 2.14. The average Bonchev–Trinajstić information content (AvgIpc) is 2.97. The Bertz CT molecular complexity index is 345. The molecule has 1 atom stereocenters. The van der Waals surface area contributed by atoms with E-state index in [1.54, 1.807) is 0 Å². The van der Waals surface area contributed by atoms with Crippen LogP contribution in [0.2, 0.25) is 0 Å². The van der Waals surface area contributed by atoms with Crippen molar-refractivity contribution < 1.29 is 9.47 Å². The van der Waals surface area contributed by atoms with E-state index in [9.17, 15) is 0 Å². The van der Waals surface area contributed by atoms with Crippen LogP contribution in [-0.4, -0.2) is 78.1 Å². The summed E-state index contributed by atoms with van der Waals surface area (Å²) in [4.78, 5) is 6.49. The Morgan fingerprint density at radius 1 is 1.33 bits per heavy atom. The van der Waals surface area contributed by atoms with Crippen LogP contribution < -0.4 is 10.6 Å². The number of guanidine groups is 1. The van der Waals surface area contributed by atoms with Gasteiger partial charge < -0.3 is 25.0 Å². The summed E-state index contributed by atoms with van der Waals surface area (Å²) in [5.74, 6) is 1.46. The fraction of sp³-hybridized carbons (Fsp3) is 0.941. The van der Waals surface area contributed by atoms with Gasteiger partial charge >= 0.3 is 0 Å². The number of hydrogen-bond donors (Lipinski definition) is 2. The summed E-state index contributed by atoms with van der Waals surface area (Å²) < 4.78 is 11.0. The van der Waals surface area contributed by atoms with E-state index in [4.69, 9.17) is 9.47 Å². The maximum atomic E-state index is 5.71. The van der Waals surface area contributed by atoms with Crippen molar-refractivity contribution in [1.29, 1.82) is 0 Å². The number of aliphatic imine (C=N–C) groups is 1. The maximum absolute atomic E-state index is 5.71. The molecule has 1 heterocycles. The first kappa shape index (κ1) is 23.9. The fourth-order valence-corrected chi connectivity index (χ4v) is 2.80. The van der Waals surface area contributed by atoms with Crippen molar-refractivity contribution in [2.75, 3.05) is 67.2 Å². The summed E-state index contributed by atoms with van der Waals surface area (Å²) in [5.41, 5.74) is 0.202. The number of nitrogens with zero attached hydrogens (tertiary/aromatic N) is 2. The van der Waals surface area contributed by atoms with Gasteiger partial charge in [-0.25, -0.2) is 0 Å². The minimum Gasteiger partial charge on any atom is -0.381 e. The fourth-order valence-electron chi connectivity index (χ4n) is 2.80. The lowest BCUT2D eigenvalue weighted by Gasteiger charge is -2.29. The molecule has 1 saturated heterocycles. The zero-order valence-electron chi connectivity index (χ0n) is 16.1. The second kappa shape index (κ2) is 13.1. The van der Waals surface area contributed by atoms with Crippen LogP contribution in [0.3, 0.4) is 0 Å². The number of halogens is 1. The van der Waals surface area contributed by atoms with E-state index in [-0.39, 0.29) is 29.4 Å². The smallest absolute Gasteiger partial charge is 0.190 e. The standard InChI is InChI=1S/C17H36N4O2.HI/c1-17(2,14-21(4)5)13-20-16(18-3)19-8-6-9-22-11-15-7-10-23-12-15;/h15H,6-14H2,1-5H3,(H2,18,19,20);1H. The Morgan fingerprint density at radius 2 is 2.08 bits per heavy atom. The molecule has 1 fully saturated rings. The van der Waals surface area contributed by atoms with Gasteiger partial charge in [0, 0.05) is 45.8 Å². The first-order valence-corrected chi connectivity index (χ1v) is 8.68. The van der Waals surface area contributed by atoms with Gasteiger partial charge in [-0.1, -0.05) is 13.8 Å². The van der Waals surface area contributed by atoms with Gasteiger partial charge in [0.05, 0.1) is 13.2 Å². The van der Waals surface area contributed by atoms with Gasteiger partial charge in [0.25, 0.3) is 0 Å². The largest absolute Gasteiger partial charge is 0.381 e. The molecule has 0 saturated carbocycles. The van der Waals surface area contributed by atoms with Crippen molar-refractivity contribution in [3.8, 4) is 0 Å². The first-order valence-electron chi connectivity index (χ1n) is 8.68. The molecule has 0 aliphatic carbocycles. The third kappa shape index (κ3) is 11.4. The Hall–Kier alpha value is -0.120. The van der Waals surface area contributed by atoms with Crippen LogP contribution in [0, 0.1) is 11.3 Å². The average molecular weight is 456 g/mol. The molecule has 0 aromatic rings. The van der Waals surface area contributed by atoms with Gasteiger partial charge in [-0.15, -0.1) is 24.0 Å². The second-order valence-corrected chi connectivity index (χ2v) is 7.41. The van der Waals surface area contributed by atoms with E-state index >= 15 is 0 Å². The zero-order chi connectivity index (χ0) is 17.1. The van der Waals surface area contributed by atoms with Gasteiger partial charge in [-0.05, 0) is 32.4 Å². The lowest BCUT2D eigenvalue weighted by atomic mass is 9.93. The molecule has 7 heteroatoms. The zero-order valence-corrected chi connectivity index (χ0v) is 18.4. The van der Waals surface area contributed by atoms with Gasteiger partial charge in [-0.3, -0.25) is 4.99 Å². The van der Waals surface area contributed by atoms with Gasteiger partial charge in [0.2, 0.25) is 0 Å². The number of ether oxygens (including phenoxy) is 2. The molecule has 2 N–H and O–H groups in total. The van der Waals surface area contributed by atoms with E-state index in [2.05, 4.69) is 48.5 Å². The molecular weight excluding hydrogens is 419 g/mol. The van der Waals surface area contributed by atoms with Gasteiger partial charge in [0.15, 0.2) is 5.96 Å². The summed E-state index contributed by atoms with van der Waals surface area (Å²) in [6.07, 6.45) is 2.12. The topological polar surface area (TPSA) is 58.1 Å². The summed E-state index contributed by atoms with van der Waals surface area (Å²) in [7, 11) is 6.02. The summed E-state index contributed by atoms with van der Waals surface area (Å²) in [6.45, 7) is 10.7. The van der Waals surface area contributed by atoms with Crippen LogP contribution in [0.4, 0.5) is 0 Å². The quantitative estimate of drug-likeness (QED) is 0.227. The molecule has 0 radical (unpaired) electrons. The minimum atomic E-state index is 0. The van der Waals surface area contributed by atoms with Gasteiger partial charge in [-0.2, -0.15) is 0 Å². The van der Waals surface area contributed by atoms with Crippen molar-refractivity contribution in [3.05, 3.63) is 0 Å². The lowest BCUT2D eigenvalue weighted by Crippen LogP contribution is -2.45. The second-order valence-electron chi connectivity index (χ2n) is 7.41.